The van der Waals surface area contributed by atoms with E-state index < -0.39 is 11.7 Å². The second-order valence-corrected chi connectivity index (χ2v) is 3.92. The molecule has 0 amide bonds. The minimum Gasteiger partial charge on any atom is -0.333 e. The maximum atomic E-state index is 12.5. The van der Waals surface area contributed by atoms with Crippen molar-refractivity contribution in [3.8, 4) is 11.3 Å². The van der Waals surface area contributed by atoms with Crippen molar-refractivity contribution in [1.82, 2.24) is 9.97 Å². The molecule has 1 aromatic carbocycles. The van der Waals surface area contributed by atoms with Crippen LogP contribution in [0, 0.1) is 0 Å². The Balaban J connectivity index is 2.44. The van der Waals surface area contributed by atoms with Crippen molar-refractivity contribution < 1.29 is 13.2 Å². The summed E-state index contributed by atoms with van der Waals surface area (Å²) in [6.45, 7) is 0. The van der Waals surface area contributed by atoms with Gasteiger partial charge in [0.2, 0.25) is 0 Å². The summed E-state index contributed by atoms with van der Waals surface area (Å²) in [5.41, 5.74) is 0.321. The molecule has 1 N–H and O–H groups in total. The Morgan fingerprint density at radius 1 is 1.25 bits per heavy atom. The first-order valence-corrected chi connectivity index (χ1v) is 5.14. The largest absolute Gasteiger partial charge is 0.416 e. The van der Waals surface area contributed by atoms with Crippen molar-refractivity contribution in [3.05, 3.63) is 40.8 Å². The van der Waals surface area contributed by atoms with E-state index in [9.17, 15) is 13.2 Å². The fraction of sp³-hybridized carbons (Fsp3) is 0.100. The lowest BCUT2D eigenvalue weighted by Crippen LogP contribution is -2.04. The Morgan fingerprint density at radius 3 is 2.56 bits per heavy atom. The van der Waals surface area contributed by atoms with Gasteiger partial charge < -0.3 is 4.98 Å². The Morgan fingerprint density at radius 2 is 2.00 bits per heavy atom. The van der Waals surface area contributed by atoms with Crippen molar-refractivity contribution in [1.29, 1.82) is 0 Å². The zero-order chi connectivity index (χ0) is 11.8. The van der Waals surface area contributed by atoms with Crippen LogP contribution in [0.25, 0.3) is 11.3 Å². The average Bonchev–Trinajstić information content (AvgIpc) is 2.64. The van der Waals surface area contributed by atoms with Gasteiger partial charge in [0.1, 0.15) is 0 Å². The van der Waals surface area contributed by atoms with Crippen LogP contribution < -0.4 is 0 Å². The highest BCUT2D eigenvalue weighted by atomic mass is 79.9. The molecule has 0 unspecified atom stereocenters. The van der Waals surface area contributed by atoms with Gasteiger partial charge in [-0.15, -0.1) is 0 Å². The van der Waals surface area contributed by atoms with Crippen LogP contribution in [0.1, 0.15) is 5.56 Å². The smallest absolute Gasteiger partial charge is 0.333 e. The maximum Gasteiger partial charge on any atom is 0.416 e. The zero-order valence-corrected chi connectivity index (χ0v) is 9.43. The number of hydrogen-bond acceptors (Lipinski definition) is 1. The number of nitrogens with one attached hydrogen (secondary N) is 1. The molecule has 2 aromatic rings. The number of H-pyrrole nitrogens is 1. The molecule has 0 bridgehead atoms. The number of alkyl halides is 3. The van der Waals surface area contributed by atoms with Crippen LogP contribution in [0.4, 0.5) is 13.2 Å². The zero-order valence-electron chi connectivity index (χ0n) is 7.85. The highest BCUT2D eigenvalue weighted by Gasteiger charge is 2.30. The van der Waals surface area contributed by atoms with Gasteiger partial charge in [-0.3, -0.25) is 0 Å². The van der Waals surface area contributed by atoms with Gasteiger partial charge in [-0.2, -0.15) is 13.2 Å². The molecular formula is C10H6BrF3N2. The van der Waals surface area contributed by atoms with Crippen LogP contribution in [-0.2, 0) is 6.18 Å². The fourth-order valence-corrected chi connectivity index (χ4v) is 1.62. The summed E-state index contributed by atoms with van der Waals surface area (Å²) >= 11 is 3.10. The van der Waals surface area contributed by atoms with E-state index in [0.717, 1.165) is 12.1 Å². The quantitative estimate of drug-likeness (QED) is 0.849. The third-order valence-electron chi connectivity index (χ3n) is 2.05. The first-order valence-electron chi connectivity index (χ1n) is 4.35. The van der Waals surface area contributed by atoms with Gasteiger partial charge in [-0.05, 0) is 28.1 Å². The number of benzene rings is 1. The second-order valence-electron chi connectivity index (χ2n) is 3.17. The highest BCUT2D eigenvalue weighted by Crippen LogP contribution is 2.31. The summed E-state index contributed by atoms with van der Waals surface area (Å²) in [6, 6.07) is 5.08. The minimum absolute atomic E-state index is 0.452. The number of imidazole rings is 1. The maximum absolute atomic E-state index is 12.5. The lowest BCUT2D eigenvalue weighted by Gasteiger charge is -2.07. The summed E-state index contributed by atoms with van der Waals surface area (Å²) in [6.07, 6.45) is -2.85. The standard InChI is InChI=1S/C10H6BrF3N2/c11-9-15-5-8(16-9)6-2-1-3-7(4-6)10(12,13)14/h1-5H,(H,15,16). The molecule has 1 aromatic heterocycles. The van der Waals surface area contributed by atoms with E-state index in [0.29, 0.717) is 16.0 Å². The molecule has 0 spiro atoms. The van der Waals surface area contributed by atoms with E-state index in [4.69, 9.17) is 0 Å². The fourth-order valence-electron chi connectivity index (χ4n) is 1.31. The summed E-state index contributed by atoms with van der Waals surface area (Å²) in [7, 11) is 0. The van der Waals surface area contributed by atoms with Crippen molar-refractivity contribution in [2.45, 2.75) is 6.18 Å². The van der Waals surface area contributed by atoms with Gasteiger partial charge >= 0.3 is 6.18 Å². The van der Waals surface area contributed by atoms with Crippen molar-refractivity contribution in [2.75, 3.05) is 0 Å². The van der Waals surface area contributed by atoms with E-state index >= 15 is 0 Å². The average molecular weight is 291 g/mol. The molecule has 0 saturated heterocycles. The molecule has 0 fully saturated rings. The number of aromatic amines is 1. The van der Waals surface area contributed by atoms with E-state index in [2.05, 4.69) is 25.9 Å². The Bertz CT molecular complexity index is 505. The van der Waals surface area contributed by atoms with E-state index in [1.807, 2.05) is 0 Å². The molecule has 0 radical (unpaired) electrons. The molecule has 0 aliphatic carbocycles. The number of hydrogen-bond donors (Lipinski definition) is 1. The van der Waals surface area contributed by atoms with E-state index in [-0.39, 0.29) is 0 Å². The first-order chi connectivity index (χ1) is 7.47. The second kappa shape index (κ2) is 3.93. The van der Waals surface area contributed by atoms with Gasteiger partial charge in [0, 0.05) is 5.56 Å². The third-order valence-corrected chi connectivity index (χ3v) is 2.45. The van der Waals surface area contributed by atoms with Crippen LogP contribution >= 0.6 is 15.9 Å². The molecule has 2 nitrogen and oxygen atoms in total. The lowest BCUT2D eigenvalue weighted by molar-refractivity contribution is -0.137. The molecule has 0 aliphatic heterocycles. The van der Waals surface area contributed by atoms with Gasteiger partial charge in [-0.1, -0.05) is 12.1 Å². The minimum atomic E-state index is -4.33. The van der Waals surface area contributed by atoms with Crippen LogP contribution in [0.15, 0.2) is 35.2 Å². The number of rotatable bonds is 1. The summed E-state index contributed by atoms with van der Waals surface area (Å²) in [4.78, 5) is 6.67. The molecule has 1 heterocycles. The van der Waals surface area contributed by atoms with Gasteiger partial charge in [0.05, 0.1) is 17.5 Å². The van der Waals surface area contributed by atoms with Crippen LogP contribution in [0.2, 0.25) is 0 Å². The van der Waals surface area contributed by atoms with Crippen LogP contribution in [0.3, 0.4) is 0 Å². The predicted octanol–water partition coefficient (Wildman–Crippen LogP) is 3.86. The molecule has 0 aliphatic rings. The molecule has 2 rings (SSSR count). The highest BCUT2D eigenvalue weighted by molar-refractivity contribution is 9.10. The van der Waals surface area contributed by atoms with Crippen LogP contribution in [0.5, 0.6) is 0 Å². The lowest BCUT2D eigenvalue weighted by atomic mass is 10.1. The van der Waals surface area contributed by atoms with Gasteiger partial charge in [0.15, 0.2) is 4.73 Å². The number of aromatic nitrogens is 2. The summed E-state index contributed by atoms with van der Waals surface area (Å²) < 4.78 is 37.8. The monoisotopic (exact) mass is 290 g/mol. The van der Waals surface area contributed by atoms with E-state index in [1.54, 1.807) is 6.07 Å². The topological polar surface area (TPSA) is 28.7 Å². The van der Waals surface area contributed by atoms with Crippen molar-refractivity contribution >= 4 is 15.9 Å². The summed E-state index contributed by atoms with van der Waals surface area (Å²) in [5, 5.41) is 0. The van der Waals surface area contributed by atoms with Gasteiger partial charge in [-0.25, -0.2) is 4.98 Å². The molecule has 6 heteroatoms. The first kappa shape index (κ1) is 11.2. The van der Waals surface area contributed by atoms with Crippen LogP contribution in [-0.4, -0.2) is 9.97 Å². The Kier molecular flexibility index (Phi) is 2.75. The molecule has 84 valence electrons. The third kappa shape index (κ3) is 2.27. The summed E-state index contributed by atoms with van der Waals surface area (Å²) in [5.74, 6) is 0. The molecule has 0 atom stereocenters. The number of nitrogens with zero attached hydrogens (tertiary/aromatic N) is 1. The van der Waals surface area contributed by atoms with E-state index in [1.165, 1.54) is 12.3 Å². The Labute approximate surface area is 97.6 Å². The Hall–Kier alpha value is -1.30. The predicted molar refractivity (Wildman–Crippen MR) is 56.7 cm³/mol. The SMILES string of the molecule is FC(F)(F)c1cccc(-c2cnc(Br)[nH]2)c1. The normalized spacial score (nSPS) is 11.8. The molecule has 0 saturated carbocycles. The van der Waals surface area contributed by atoms with Crippen molar-refractivity contribution in [3.63, 3.8) is 0 Å². The molecular weight excluding hydrogens is 285 g/mol. The van der Waals surface area contributed by atoms with Crippen molar-refractivity contribution in [2.24, 2.45) is 0 Å². The van der Waals surface area contributed by atoms with Gasteiger partial charge in [0.25, 0.3) is 0 Å². The molecule has 16 heavy (non-hydrogen) atoms. The number of halogens is 4.